The SMILES string of the molecule is CC(Nc1ncnc2c1cc(C1=CCN(C(=O)OC(C)(C)C)CC1)n2C)c1cc(N)cc(C(F)(F)F)c1. The lowest BCUT2D eigenvalue weighted by atomic mass is 10.0. The Morgan fingerprint density at radius 1 is 1.16 bits per heavy atom. The lowest BCUT2D eigenvalue weighted by Gasteiger charge is -2.29. The summed E-state index contributed by atoms with van der Waals surface area (Å²) in [6.45, 7) is 8.20. The first-order valence-corrected chi connectivity index (χ1v) is 11.9. The zero-order valence-corrected chi connectivity index (χ0v) is 21.5. The van der Waals surface area contributed by atoms with E-state index in [0.717, 1.165) is 28.8 Å². The number of aromatic nitrogens is 3. The Morgan fingerprint density at radius 2 is 1.89 bits per heavy atom. The summed E-state index contributed by atoms with van der Waals surface area (Å²) in [5, 5.41) is 3.96. The number of hydrogen-bond acceptors (Lipinski definition) is 6. The number of nitrogens with two attached hydrogens (primary N) is 1. The van der Waals surface area contributed by atoms with Crippen molar-refractivity contribution in [3.8, 4) is 0 Å². The Hall–Kier alpha value is -3.76. The average Bonchev–Trinajstić information content (AvgIpc) is 3.14. The summed E-state index contributed by atoms with van der Waals surface area (Å²) in [4.78, 5) is 22.8. The van der Waals surface area contributed by atoms with Crippen molar-refractivity contribution in [2.24, 2.45) is 7.05 Å². The maximum Gasteiger partial charge on any atom is 0.416 e. The quantitative estimate of drug-likeness (QED) is 0.428. The number of anilines is 2. The zero-order valence-electron chi connectivity index (χ0n) is 21.5. The van der Waals surface area contributed by atoms with Gasteiger partial charge in [-0.15, -0.1) is 0 Å². The number of nitrogens with zero attached hydrogens (tertiary/aromatic N) is 4. The van der Waals surface area contributed by atoms with Crippen LogP contribution in [0, 0.1) is 0 Å². The predicted molar refractivity (Wildman–Crippen MR) is 137 cm³/mol. The first-order chi connectivity index (χ1) is 17.2. The minimum Gasteiger partial charge on any atom is -0.444 e. The molecule has 1 amide bonds. The molecule has 0 spiro atoms. The van der Waals surface area contributed by atoms with Gasteiger partial charge in [0, 0.05) is 31.5 Å². The largest absolute Gasteiger partial charge is 0.444 e. The molecule has 0 fully saturated rings. The molecule has 0 bridgehead atoms. The smallest absolute Gasteiger partial charge is 0.416 e. The minimum absolute atomic E-state index is 0.0398. The topological polar surface area (TPSA) is 98.3 Å². The van der Waals surface area contributed by atoms with Gasteiger partial charge in [-0.2, -0.15) is 13.2 Å². The molecule has 0 radical (unpaired) electrons. The summed E-state index contributed by atoms with van der Waals surface area (Å²) in [6.07, 6.45) is -0.786. The molecule has 0 saturated heterocycles. The van der Waals surface area contributed by atoms with Crippen LogP contribution in [-0.4, -0.2) is 44.2 Å². The fourth-order valence-electron chi connectivity index (χ4n) is 4.33. The molecule has 11 heteroatoms. The molecule has 8 nitrogen and oxygen atoms in total. The maximum atomic E-state index is 13.3. The van der Waals surface area contributed by atoms with Crippen LogP contribution < -0.4 is 11.1 Å². The lowest BCUT2D eigenvalue weighted by molar-refractivity contribution is -0.137. The van der Waals surface area contributed by atoms with Crippen LogP contribution in [0.25, 0.3) is 16.6 Å². The second-order valence-electron chi connectivity index (χ2n) is 10.2. The van der Waals surface area contributed by atoms with Gasteiger partial charge in [0.15, 0.2) is 0 Å². The number of hydrogen-bond donors (Lipinski definition) is 2. The molecule has 4 rings (SSSR count). The van der Waals surface area contributed by atoms with Crippen molar-refractivity contribution < 1.29 is 22.7 Å². The van der Waals surface area contributed by atoms with Gasteiger partial charge < -0.3 is 25.3 Å². The molecular weight excluding hydrogens is 485 g/mol. The van der Waals surface area contributed by atoms with Gasteiger partial charge >= 0.3 is 12.3 Å². The Balaban J connectivity index is 1.59. The van der Waals surface area contributed by atoms with Crippen molar-refractivity contribution >= 4 is 34.2 Å². The zero-order chi connectivity index (χ0) is 27.1. The Bertz CT molecular complexity index is 1360. The summed E-state index contributed by atoms with van der Waals surface area (Å²) >= 11 is 0. The number of nitrogen functional groups attached to an aromatic ring is 1. The van der Waals surface area contributed by atoms with Gasteiger partial charge in [0.25, 0.3) is 0 Å². The summed E-state index contributed by atoms with van der Waals surface area (Å²) in [5.41, 5.74) is 7.50. The number of aryl methyl sites for hydroxylation is 1. The monoisotopic (exact) mass is 516 g/mol. The summed E-state index contributed by atoms with van der Waals surface area (Å²) in [7, 11) is 1.90. The highest BCUT2D eigenvalue weighted by atomic mass is 19.4. The third kappa shape index (κ3) is 5.81. The van der Waals surface area contributed by atoms with Crippen molar-refractivity contribution in [1.29, 1.82) is 0 Å². The van der Waals surface area contributed by atoms with E-state index in [1.54, 1.807) is 11.8 Å². The van der Waals surface area contributed by atoms with Crippen molar-refractivity contribution in [2.45, 2.75) is 51.9 Å². The maximum absolute atomic E-state index is 13.3. The second-order valence-corrected chi connectivity index (χ2v) is 10.2. The van der Waals surface area contributed by atoms with E-state index in [9.17, 15) is 18.0 Å². The second kappa shape index (κ2) is 9.60. The first kappa shape index (κ1) is 26.3. The number of nitrogens with one attached hydrogen (secondary N) is 1. The fraction of sp³-hybridized carbons (Fsp3) is 0.423. The minimum atomic E-state index is -4.49. The van der Waals surface area contributed by atoms with E-state index in [4.69, 9.17) is 10.5 Å². The van der Waals surface area contributed by atoms with Crippen LogP contribution in [0.2, 0.25) is 0 Å². The number of carbonyl (C=O) groups is 1. The van der Waals surface area contributed by atoms with Crippen LogP contribution in [0.3, 0.4) is 0 Å². The van der Waals surface area contributed by atoms with Crippen LogP contribution in [0.15, 0.2) is 36.7 Å². The van der Waals surface area contributed by atoms with Crippen LogP contribution in [0.1, 0.15) is 57.0 Å². The molecular formula is C26H31F3N6O2. The van der Waals surface area contributed by atoms with Gasteiger partial charge in [0.2, 0.25) is 0 Å². The fourth-order valence-corrected chi connectivity index (χ4v) is 4.33. The van der Waals surface area contributed by atoms with Gasteiger partial charge in [-0.05, 0) is 69.5 Å². The van der Waals surface area contributed by atoms with E-state index >= 15 is 0 Å². The predicted octanol–water partition coefficient (Wildman–Crippen LogP) is 5.77. The lowest BCUT2D eigenvalue weighted by Crippen LogP contribution is -2.39. The van der Waals surface area contributed by atoms with E-state index in [2.05, 4.69) is 15.3 Å². The van der Waals surface area contributed by atoms with E-state index in [0.29, 0.717) is 36.5 Å². The summed E-state index contributed by atoms with van der Waals surface area (Å²) in [5.74, 6) is 0.502. The number of halogens is 3. The third-order valence-corrected chi connectivity index (χ3v) is 6.17. The molecule has 1 atom stereocenters. The molecule has 0 aliphatic carbocycles. The summed E-state index contributed by atoms with van der Waals surface area (Å²) in [6, 6.07) is 4.99. The highest BCUT2D eigenvalue weighted by Gasteiger charge is 2.31. The normalized spacial score (nSPS) is 15.5. The van der Waals surface area contributed by atoms with Gasteiger partial charge in [-0.1, -0.05) is 6.08 Å². The first-order valence-electron chi connectivity index (χ1n) is 11.9. The molecule has 2 aromatic heterocycles. The average molecular weight is 517 g/mol. The van der Waals surface area contributed by atoms with Gasteiger partial charge in [0.1, 0.15) is 23.4 Å². The van der Waals surface area contributed by atoms with Crippen molar-refractivity contribution in [3.63, 3.8) is 0 Å². The molecule has 3 aromatic rings. The standard InChI is InChI=1S/C26H31F3N6O2/c1-15(17-10-18(26(27,28)29)12-19(30)11-17)33-22-20-13-21(34(5)23(20)32-14-31-22)16-6-8-35(9-7-16)24(36)37-25(2,3)4/h6,10-15H,7-9,30H2,1-5H3,(H,31,32,33). The highest BCUT2D eigenvalue weighted by Crippen LogP contribution is 2.35. The third-order valence-electron chi connectivity index (χ3n) is 6.17. The number of alkyl halides is 3. The molecule has 1 aromatic carbocycles. The van der Waals surface area contributed by atoms with Crippen molar-refractivity contribution in [1.82, 2.24) is 19.4 Å². The summed E-state index contributed by atoms with van der Waals surface area (Å²) < 4.78 is 47.3. The van der Waals surface area contributed by atoms with E-state index < -0.39 is 23.4 Å². The van der Waals surface area contributed by atoms with Crippen LogP contribution in [-0.2, 0) is 18.0 Å². The molecule has 37 heavy (non-hydrogen) atoms. The Morgan fingerprint density at radius 3 is 2.51 bits per heavy atom. The van der Waals surface area contributed by atoms with Gasteiger partial charge in [-0.3, -0.25) is 0 Å². The van der Waals surface area contributed by atoms with Crippen LogP contribution in [0.5, 0.6) is 0 Å². The Kier molecular flexibility index (Phi) is 6.83. The van der Waals surface area contributed by atoms with Crippen LogP contribution >= 0.6 is 0 Å². The molecule has 3 N–H and O–H groups in total. The van der Waals surface area contributed by atoms with E-state index in [-0.39, 0.29) is 11.8 Å². The van der Waals surface area contributed by atoms with Crippen molar-refractivity contribution in [2.75, 3.05) is 24.1 Å². The van der Waals surface area contributed by atoms with Gasteiger partial charge in [-0.25, -0.2) is 14.8 Å². The molecule has 0 saturated carbocycles. The molecule has 1 aliphatic rings. The highest BCUT2D eigenvalue weighted by molar-refractivity contribution is 5.91. The number of ether oxygens (including phenoxy) is 1. The van der Waals surface area contributed by atoms with Gasteiger partial charge in [0.05, 0.1) is 17.0 Å². The Labute approximate surface area is 213 Å². The molecule has 3 heterocycles. The van der Waals surface area contributed by atoms with Crippen molar-refractivity contribution in [3.05, 3.63) is 53.5 Å². The molecule has 1 aliphatic heterocycles. The molecule has 1 unspecified atom stereocenters. The molecule has 198 valence electrons. The van der Waals surface area contributed by atoms with E-state index in [1.165, 1.54) is 12.4 Å². The number of rotatable bonds is 4. The number of benzene rings is 1. The number of carbonyl (C=O) groups excluding carboxylic acids is 1. The van der Waals surface area contributed by atoms with E-state index in [1.807, 2.05) is 44.5 Å². The number of fused-ring (bicyclic) bond motifs is 1. The van der Waals surface area contributed by atoms with Crippen LogP contribution in [0.4, 0.5) is 29.5 Å². The number of amides is 1.